The summed E-state index contributed by atoms with van der Waals surface area (Å²) in [5.41, 5.74) is 4.16. The van der Waals surface area contributed by atoms with Crippen molar-refractivity contribution in [1.29, 1.82) is 0 Å². The number of halogens is 1. The molecule has 0 heterocycles. The van der Waals surface area contributed by atoms with Crippen LogP contribution in [0, 0.1) is 13.8 Å². The lowest BCUT2D eigenvalue weighted by atomic mass is 10.0. The Morgan fingerprint density at radius 2 is 2.00 bits per heavy atom. The Hall–Kier alpha value is -1.48. The summed E-state index contributed by atoms with van der Waals surface area (Å²) in [6, 6.07) is 1.92. The van der Waals surface area contributed by atoms with Gasteiger partial charge in [-0.15, -0.1) is 0 Å². The number of rotatable bonds is 6. The average molecular weight is 297 g/mol. The Morgan fingerprint density at radius 1 is 1.35 bits per heavy atom. The molecule has 0 radical (unpaired) electrons. The lowest BCUT2D eigenvalue weighted by molar-refractivity contribution is -0.136. The molecule has 0 saturated carbocycles. The van der Waals surface area contributed by atoms with Crippen LogP contribution in [-0.4, -0.2) is 18.2 Å². The smallest absolute Gasteiger partial charge is 0.303 e. The summed E-state index contributed by atoms with van der Waals surface area (Å²) in [7, 11) is 1.65. The highest BCUT2D eigenvalue weighted by molar-refractivity contribution is 6.31. The maximum Gasteiger partial charge on any atom is 0.303 e. The minimum Gasteiger partial charge on any atom is -0.496 e. The molecule has 1 N–H and O–H groups in total. The van der Waals surface area contributed by atoms with Crippen molar-refractivity contribution in [3.63, 3.8) is 0 Å². The molecule has 0 aromatic heterocycles. The van der Waals surface area contributed by atoms with Gasteiger partial charge in [0.15, 0.2) is 0 Å². The van der Waals surface area contributed by atoms with Crippen molar-refractivity contribution in [3.8, 4) is 5.75 Å². The third-order valence-corrected chi connectivity index (χ3v) is 3.85. The molecule has 0 aliphatic heterocycles. The molecule has 20 heavy (non-hydrogen) atoms. The second kappa shape index (κ2) is 7.34. The number of aliphatic carboxylic acids is 1. The molecule has 1 aromatic rings. The standard InChI is InChI=1S/C16H21ClO3/c1-10(6-8-15(18)19)5-7-13-9-14(17)11(2)12(3)16(13)20-4/h5,9H,6-8H2,1-4H3,(H,18,19)/b10-5+. The minimum atomic E-state index is -0.774. The summed E-state index contributed by atoms with van der Waals surface area (Å²) >= 11 is 6.21. The number of benzene rings is 1. The van der Waals surface area contributed by atoms with E-state index in [0.29, 0.717) is 12.8 Å². The number of allylic oxidation sites excluding steroid dienone is 2. The fraction of sp³-hybridized carbons (Fsp3) is 0.438. The molecule has 0 amide bonds. The number of ether oxygens (including phenoxy) is 1. The van der Waals surface area contributed by atoms with E-state index >= 15 is 0 Å². The predicted molar refractivity (Wildman–Crippen MR) is 81.8 cm³/mol. The summed E-state index contributed by atoms with van der Waals surface area (Å²) < 4.78 is 5.46. The van der Waals surface area contributed by atoms with Crippen molar-refractivity contribution in [3.05, 3.63) is 39.4 Å². The largest absolute Gasteiger partial charge is 0.496 e. The molecule has 0 saturated heterocycles. The van der Waals surface area contributed by atoms with Crippen LogP contribution < -0.4 is 4.74 Å². The number of hydrogen-bond acceptors (Lipinski definition) is 2. The van der Waals surface area contributed by atoms with Gasteiger partial charge in [-0.05, 0) is 56.4 Å². The highest BCUT2D eigenvalue weighted by Crippen LogP contribution is 2.32. The normalized spacial score (nSPS) is 11.6. The van der Waals surface area contributed by atoms with E-state index in [-0.39, 0.29) is 6.42 Å². The van der Waals surface area contributed by atoms with Crippen LogP contribution >= 0.6 is 11.6 Å². The van der Waals surface area contributed by atoms with Gasteiger partial charge in [0.2, 0.25) is 0 Å². The third-order valence-electron chi connectivity index (χ3n) is 3.46. The highest BCUT2D eigenvalue weighted by atomic mass is 35.5. The monoisotopic (exact) mass is 296 g/mol. The van der Waals surface area contributed by atoms with Gasteiger partial charge in [0.1, 0.15) is 5.75 Å². The molecule has 0 bridgehead atoms. The van der Waals surface area contributed by atoms with Crippen molar-refractivity contribution < 1.29 is 14.6 Å². The molecule has 0 fully saturated rings. The second-order valence-corrected chi connectivity index (χ2v) is 5.36. The zero-order chi connectivity index (χ0) is 15.3. The van der Waals surface area contributed by atoms with E-state index in [1.54, 1.807) is 7.11 Å². The van der Waals surface area contributed by atoms with Crippen molar-refractivity contribution in [2.75, 3.05) is 7.11 Å². The first-order valence-electron chi connectivity index (χ1n) is 6.56. The van der Waals surface area contributed by atoms with Crippen molar-refractivity contribution in [2.24, 2.45) is 0 Å². The first-order valence-corrected chi connectivity index (χ1v) is 6.94. The Bertz CT molecular complexity index is 533. The van der Waals surface area contributed by atoms with Gasteiger partial charge in [-0.25, -0.2) is 0 Å². The first-order chi connectivity index (χ1) is 9.36. The fourth-order valence-electron chi connectivity index (χ4n) is 2.04. The Balaban J connectivity index is 2.92. The molecule has 0 aliphatic carbocycles. The molecule has 110 valence electrons. The second-order valence-electron chi connectivity index (χ2n) is 4.95. The third kappa shape index (κ3) is 4.27. The number of carboxylic acid groups (broad SMARTS) is 1. The van der Waals surface area contributed by atoms with Crippen LogP contribution in [-0.2, 0) is 11.2 Å². The molecule has 0 spiro atoms. The molecular formula is C16H21ClO3. The number of methoxy groups -OCH3 is 1. The van der Waals surface area contributed by atoms with E-state index in [4.69, 9.17) is 21.4 Å². The molecule has 1 aromatic carbocycles. The van der Waals surface area contributed by atoms with Gasteiger partial charge in [0.05, 0.1) is 7.11 Å². The molecule has 0 atom stereocenters. The van der Waals surface area contributed by atoms with Gasteiger partial charge in [0, 0.05) is 11.4 Å². The van der Waals surface area contributed by atoms with E-state index in [2.05, 4.69) is 0 Å². The van der Waals surface area contributed by atoms with Crippen molar-refractivity contribution in [1.82, 2.24) is 0 Å². The van der Waals surface area contributed by atoms with Gasteiger partial charge in [0.25, 0.3) is 0 Å². The molecule has 3 nitrogen and oxygen atoms in total. The van der Waals surface area contributed by atoms with E-state index in [9.17, 15) is 4.79 Å². The van der Waals surface area contributed by atoms with Gasteiger partial charge < -0.3 is 9.84 Å². The number of carbonyl (C=O) groups is 1. The summed E-state index contributed by atoms with van der Waals surface area (Å²) in [6.07, 6.45) is 3.45. The van der Waals surface area contributed by atoms with Crippen LogP contribution in [0.5, 0.6) is 5.75 Å². The maximum absolute atomic E-state index is 10.5. The first kappa shape index (κ1) is 16.6. The van der Waals surface area contributed by atoms with Crippen LogP contribution in [0.1, 0.15) is 36.5 Å². The quantitative estimate of drug-likeness (QED) is 0.795. The fourth-order valence-corrected chi connectivity index (χ4v) is 2.32. The van der Waals surface area contributed by atoms with Crippen LogP contribution in [0.25, 0.3) is 0 Å². The predicted octanol–water partition coefficient (Wildman–Crippen LogP) is 4.32. The summed E-state index contributed by atoms with van der Waals surface area (Å²) in [4.78, 5) is 10.5. The van der Waals surface area contributed by atoms with Crippen LogP contribution in [0.3, 0.4) is 0 Å². The van der Waals surface area contributed by atoms with Gasteiger partial charge in [-0.2, -0.15) is 0 Å². The SMILES string of the molecule is COc1c(C/C=C(\C)CCC(=O)O)cc(Cl)c(C)c1C. The topological polar surface area (TPSA) is 46.5 Å². The minimum absolute atomic E-state index is 0.160. The van der Waals surface area contributed by atoms with Crippen LogP contribution in [0.15, 0.2) is 17.7 Å². The Morgan fingerprint density at radius 3 is 2.55 bits per heavy atom. The van der Waals surface area contributed by atoms with Crippen molar-refractivity contribution in [2.45, 2.75) is 40.0 Å². The zero-order valence-electron chi connectivity index (χ0n) is 12.4. The summed E-state index contributed by atoms with van der Waals surface area (Å²) in [5.74, 6) is 0.0822. The summed E-state index contributed by atoms with van der Waals surface area (Å²) in [6.45, 7) is 5.90. The van der Waals surface area contributed by atoms with E-state index in [0.717, 1.165) is 33.0 Å². The molecular weight excluding hydrogens is 276 g/mol. The highest BCUT2D eigenvalue weighted by Gasteiger charge is 2.11. The van der Waals surface area contributed by atoms with Gasteiger partial charge >= 0.3 is 5.97 Å². The lowest BCUT2D eigenvalue weighted by Crippen LogP contribution is -1.98. The molecule has 0 unspecified atom stereocenters. The van der Waals surface area contributed by atoms with E-state index < -0.39 is 5.97 Å². The zero-order valence-corrected chi connectivity index (χ0v) is 13.2. The molecule has 1 rings (SSSR count). The maximum atomic E-state index is 10.5. The lowest BCUT2D eigenvalue weighted by Gasteiger charge is -2.14. The van der Waals surface area contributed by atoms with Crippen molar-refractivity contribution >= 4 is 17.6 Å². The Labute approximate surface area is 125 Å². The number of hydrogen-bond donors (Lipinski definition) is 1. The summed E-state index contributed by atoms with van der Waals surface area (Å²) in [5, 5.41) is 9.40. The van der Waals surface area contributed by atoms with E-state index in [1.807, 2.05) is 32.9 Å². The van der Waals surface area contributed by atoms with Gasteiger partial charge in [-0.1, -0.05) is 23.3 Å². The van der Waals surface area contributed by atoms with E-state index in [1.165, 1.54) is 0 Å². The molecule has 4 heteroatoms. The van der Waals surface area contributed by atoms with Gasteiger partial charge in [-0.3, -0.25) is 4.79 Å². The Kier molecular flexibility index (Phi) is 6.08. The van der Waals surface area contributed by atoms with Crippen LogP contribution in [0.4, 0.5) is 0 Å². The average Bonchev–Trinajstić information content (AvgIpc) is 2.40. The van der Waals surface area contributed by atoms with Crippen LogP contribution in [0.2, 0.25) is 5.02 Å². The molecule has 0 aliphatic rings. The number of carboxylic acids is 1.